The monoisotopic (exact) mass is 345 g/mol. The van der Waals surface area contributed by atoms with Crippen LogP contribution in [0.4, 0.5) is 21.5 Å². The minimum atomic E-state index is -0.240. The molecular formula is C16H13BrFN3. The zero-order valence-corrected chi connectivity index (χ0v) is 12.9. The third-order valence-electron chi connectivity index (χ3n) is 3.30. The number of anilines is 3. The average Bonchev–Trinajstić information content (AvgIpc) is 2.46. The van der Waals surface area contributed by atoms with Gasteiger partial charge in [0.1, 0.15) is 5.82 Å². The Kier molecular flexibility index (Phi) is 3.51. The number of aromatic nitrogens is 1. The predicted octanol–water partition coefficient (Wildman–Crippen LogP) is 4.77. The second kappa shape index (κ2) is 5.33. The van der Waals surface area contributed by atoms with E-state index in [1.54, 1.807) is 19.2 Å². The maximum Gasteiger partial charge on any atom is 0.128 e. The summed E-state index contributed by atoms with van der Waals surface area (Å²) in [6, 6.07) is 10.6. The maximum absolute atomic E-state index is 13.6. The third-order valence-corrected chi connectivity index (χ3v) is 3.73. The molecule has 0 saturated heterocycles. The number of nitrogen functional groups attached to an aromatic ring is 1. The van der Waals surface area contributed by atoms with Crippen molar-refractivity contribution in [3.63, 3.8) is 0 Å². The zero-order chi connectivity index (χ0) is 15.0. The van der Waals surface area contributed by atoms with Gasteiger partial charge in [-0.05, 0) is 58.7 Å². The van der Waals surface area contributed by atoms with E-state index in [9.17, 15) is 4.39 Å². The molecule has 0 aliphatic heterocycles. The number of hydrogen-bond donors (Lipinski definition) is 2. The lowest BCUT2D eigenvalue weighted by molar-refractivity contribution is 0.619. The van der Waals surface area contributed by atoms with Crippen LogP contribution in [-0.4, -0.2) is 4.98 Å². The van der Waals surface area contributed by atoms with Crippen LogP contribution in [0.3, 0.4) is 0 Å². The van der Waals surface area contributed by atoms with Crippen molar-refractivity contribution in [2.75, 3.05) is 11.1 Å². The molecule has 0 fully saturated rings. The van der Waals surface area contributed by atoms with Gasteiger partial charge in [-0.3, -0.25) is 4.98 Å². The first-order chi connectivity index (χ1) is 10.0. The van der Waals surface area contributed by atoms with Crippen LogP contribution in [0.5, 0.6) is 0 Å². The Balaban J connectivity index is 2.08. The van der Waals surface area contributed by atoms with Gasteiger partial charge in [0, 0.05) is 27.4 Å². The molecule has 3 nitrogen and oxygen atoms in total. The fourth-order valence-electron chi connectivity index (χ4n) is 2.14. The summed E-state index contributed by atoms with van der Waals surface area (Å²) in [5.41, 5.74) is 9.46. The Morgan fingerprint density at radius 1 is 1.19 bits per heavy atom. The molecule has 1 heterocycles. The summed E-state index contributed by atoms with van der Waals surface area (Å²) in [6.07, 6.45) is 1.71. The van der Waals surface area contributed by atoms with E-state index in [4.69, 9.17) is 5.73 Å². The highest BCUT2D eigenvalue weighted by molar-refractivity contribution is 9.10. The zero-order valence-electron chi connectivity index (χ0n) is 11.3. The number of rotatable bonds is 2. The van der Waals surface area contributed by atoms with E-state index in [2.05, 4.69) is 26.2 Å². The van der Waals surface area contributed by atoms with Crippen LogP contribution in [0.15, 0.2) is 47.1 Å². The molecule has 0 spiro atoms. The van der Waals surface area contributed by atoms with E-state index in [0.29, 0.717) is 16.9 Å². The molecule has 0 unspecified atom stereocenters. The Bertz CT molecular complexity index is 833. The fourth-order valence-corrected chi connectivity index (χ4v) is 2.47. The Morgan fingerprint density at radius 3 is 2.76 bits per heavy atom. The highest BCUT2D eigenvalue weighted by Gasteiger charge is 2.07. The normalized spacial score (nSPS) is 10.8. The van der Waals surface area contributed by atoms with Gasteiger partial charge in [0.25, 0.3) is 0 Å². The van der Waals surface area contributed by atoms with Gasteiger partial charge >= 0.3 is 0 Å². The number of halogens is 2. The summed E-state index contributed by atoms with van der Waals surface area (Å²) < 4.78 is 14.5. The van der Waals surface area contributed by atoms with Gasteiger partial charge in [-0.15, -0.1) is 0 Å². The van der Waals surface area contributed by atoms with Gasteiger partial charge < -0.3 is 11.1 Å². The van der Waals surface area contributed by atoms with Crippen molar-refractivity contribution in [1.29, 1.82) is 0 Å². The number of benzene rings is 2. The van der Waals surface area contributed by atoms with Gasteiger partial charge in [0.05, 0.1) is 11.2 Å². The van der Waals surface area contributed by atoms with Crippen LogP contribution < -0.4 is 11.1 Å². The van der Waals surface area contributed by atoms with Crippen LogP contribution in [0.25, 0.3) is 10.9 Å². The first kappa shape index (κ1) is 13.8. The number of nitrogens with two attached hydrogens (primary N) is 1. The Morgan fingerprint density at radius 2 is 2.00 bits per heavy atom. The molecule has 3 N–H and O–H groups in total. The second-order valence-electron chi connectivity index (χ2n) is 4.84. The molecule has 1 aromatic heterocycles. The number of hydrogen-bond acceptors (Lipinski definition) is 3. The molecule has 3 rings (SSSR count). The van der Waals surface area contributed by atoms with E-state index in [-0.39, 0.29) is 5.82 Å². The van der Waals surface area contributed by atoms with Crippen molar-refractivity contribution < 1.29 is 4.39 Å². The van der Waals surface area contributed by atoms with Crippen molar-refractivity contribution in [2.45, 2.75) is 6.92 Å². The lowest BCUT2D eigenvalue weighted by Gasteiger charge is -2.11. The lowest BCUT2D eigenvalue weighted by atomic mass is 10.1. The van der Waals surface area contributed by atoms with Crippen LogP contribution in [-0.2, 0) is 0 Å². The summed E-state index contributed by atoms with van der Waals surface area (Å²) in [5.74, 6) is -0.240. The average molecular weight is 346 g/mol. The van der Waals surface area contributed by atoms with Crippen molar-refractivity contribution in [3.05, 3.63) is 58.4 Å². The van der Waals surface area contributed by atoms with Crippen molar-refractivity contribution in [2.24, 2.45) is 0 Å². The third kappa shape index (κ3) is 2.69. The van der Waals surface area contributed by atoms with Crippen LogP contribution >= 0.6 is 15.9 Å². The minimum Gasteiger partial charge on any atom is -0.398 e. The summed E-state index contributed by atoms with van der Waals surface area (Å²) in [6.45, 7) is 1.73. The predicted molar refractivity (Wildman–Crippen MR) is 88.3 cm³/mol. The molecule has 0 atom stereocenters. The molecule has 0 aliphatic rings. The summed E-state index contributed by atoms with van der Waals surface area (Å²) in [5, 5.41) is 4.04. The quantitative estimate of drug-likeness (QED) is 0.657. The Labute approximate surface area is 130 Å². The van der Waals surface area contributed by atoms with Crippen LogP contribution in [0.2, 0.25) is 0 Å². The van der Waals surface area contributed by atoms with E-state index in [0.717, 1.165) is 21.1 Å². The molecule has 3 aromatic rings. The lowest BCUT2D eigenvalue weighted by Crippen LogP contribution is -1.97. The molecule has 21 heavy (non-hydrogen) atoms. The minimum absolute atomic E-state index is 0.240. The van der Waals surface area contributed by atoms with Gasteiger partial charge in [0.15, 0.2) is 0 Å². The van der Waals surface area contributed by atoms with E-state index in [1.807, 2.05) is 24.3 Å². The fraction of sp³-hybridized carbons (Fsp3) is 0.0625. The number of nitrogens with one attached hydrogen (secondary N) is 1. The molecule has 0 saturated carbocycles. The molecule has 0 radical (unpaired) electrons. The van der Waals surface area contributed by atoms with Gasteiger partial charge in [-0.2, -0.15) is 0 Å². The Hall–Kier alpha value is -2.14. The van der Waals surface area contributed by atoms with Gasteiger partial charge in [0.2, 0.25) is 0 Å². The van der Waals surface area contributed by atoms with Gasteiger partial charge in [-0.25, -0.2) is 4.39 Å². The van der Waals surface area contributed by atoms with E-state index < -0.39 is 0 Å². The molecule has 0 amide bonds. The van der Waals surface area contributed by atoms with E-state index in [1.165, 1.54) is 6.07 Å². The molecule has 2 aromatic carbocycles. The second-order valence-corrected chi connectivity index (χ2v) is 5.76. The van der Waals surface area contributed by atoms with Crippen molar-refractivity contribution in [3.8, 4) is 0 Å². The molecule has 0 aliphatic carbocycles. The van der Waals surface area contributed by atoms with Crippen molar-refractivity contribution in [1.82, 2.24) is 4.98 Å². The number of fused-ring (bicyclic) bond motifs is 1. The first-order valence-electron chi connectivity index (χ1n) is 6.41. The maximum atomic E-state index is 13.6. The van der Waals surface area contributed by atoms with Crippen molar-refractivity contribution >= 4 is 43.9 Å². The highest BCUT2D eigenvalue weighted by atomic mass is 79.9. The number of nitrogens with zero attached hydrogens (tertiary/aromatic N) is 1. The van der Waals surface area contributed by atoms with Crippen LogP contribution in [0, 0.1) is 12.7 Å². The largest absolute Gasteiger partial charge is 0.398 e. The highest BCUT2D eigenvalue weighted by Crippen LogP contribution is 2.31. The summed E-state index contributed by atoms with van der Waals surface area (Å²) in [4.78, 5) is 4.39. The molecular weight excluding hydrogens is 333 g/mol. The molecule has 5 heteroatoms. The number of aryl methyl sites for hydroxylation is 1. The smallest absolute Gasteiger partial charge is 0.128 e. The van der Waals surface area contributed by atoms with E-state index >= 15 is 0 Å². The molecule has 0 bridgehead atoms. The summed E-state index contributed by atoms with van der Waals surface area (Å²) >= 11 is 3.39. The molecule has 106 valence electrons. The standard InChI is InChI=1S/C16H13BrFN3/c1-9-2-3-11(7-13(9)18)21-15-5-4-14(19)12-6-10(17)8-20-16(12)15/h2-8,21H,19H2,1H3. The van der Waals surface area contributed by atoms with Gasteiger partial charge in [-0.1, -0.05) is 6.07 Å². The topological polar surface area (TPSA) is 50.9 Å². The first-order valence-corrected chi connectivity index (χ1v) is 7.21. The number of pyridine rings is 1. The van der Waals surface area contributed by atoms with Crippen LogP contribution in [0.1, 0.15) is 5.56 Å². The summed E-state index contributed by atoms with van der Waals surface area (Å²) in [7, 11) is 0. The SMILES string of the molecule is Cc1ccc(Nc2ccc(N)c3cc(Br)cnc23)cc1F.